The maximum atomic E-state index is 11.7. The molecule has 0 saturated carbocycles. The molecule has 0 aromatic heterocycles. The molecular formula is C15H24N2O4. The van der Waals surface area contributed by atoms with Crippen LogP contribution in [0.15, 0.2) is 18.2 Å². The summed E-state index contributed by atoms with van der Waals surface area (Å²) in [6, 6.07) is 4.95. The number of nitrogens with one attached hydrogen (secondary N) is 2. The van der Waals surface area contributed by atoms with E-state index in [1.165, 1.54) is 0 Å². The number of aliphatic hydroxyl groups excluding tert-OH is 1. The minimum Gasteiger partial charge on any atom is -0.493 e. The van der Waals surface area contributed by atoms with Crippen molar-refractivity contribution in [1.29, 1.82) is 0 Å². The molecule has 0 fully saturated rings. The molecule has 21 heavy (non-hydrogen) atoms. The fraction of sp³-hybridized carbons (Fsp3) is 0.533. The van der Waals surface area contributed by atoms with E-state index < -0.39 is 0 Å². The smallest absolute Gasteiger partial charge is 0.319 e. The standard InChI is InChI=1S/C15H24N2O4/c1-20-13-8-7-12(11-14(13)21-2)17-15(19)16-9-5-3-4-6-10-18/h7-8,11,18H,3-6,9-10H2,1-2H3,(H2,16,17,19). The van der Waals surface area contributed by atoms with Crippen LogP contribution in [0.2, 0.25) is 0 Å². The van der Waals surface area contributed by atoms with Gasteiger partial charge in [-0.2, -0.15) is 0 Å². The molecule has 1 rings (SSSR count). The average Bonchev–Trinajstić information content (AvgIpc) is 2.50. The van der Waals surface area contributed by atoms with Crippen LogP contribution in [0.3, 0.4) is 0 Å². The molecule has 6 nitrogen and oxygen atoms in total. The van der Waals surface area contributed by atoms with Crippen LogP contribution in [0.1, 0.15) is 25.7 Å². The third-order valence-electron chi connectivity index (χ3n) is 3.01. The fourth-order valence-corrected chi connectivity index (χ4v) is 1.88. The summed E-state index contributed by atoms with van der Waals surface area (Å²) >= 11 is 0. The Morgan fingerprint density at radius 2 is 1.81 bits per heavy atom. The van der Waals surface area contributed by atoms with Crippen LogP contribution in [0.4, 0.5) is 10.5 Å². The molecular weight excluding hydrogens is 272 g/mol. The number of unbranched alkanes of at least 4 members (excludes halogenated alkanes) is 3. The fourth-order valence-electron chi connectivity index (χ4n) is 1.88. The van der Waals surface area contributed by atoms with Crippen molar-refractivity contribution < 1.29 is 19.4 Å². The molecule has 0 spiro atoms. The van der Waals surface area contributed by atoms with Gasteiger partial charge >= 0.3 is 6.03 Å². The number of anilines is 1. The number of methoxy groups -OCH3 is 2. The van der Waals surface area contributed by atoms with Gasteiger partial charge in [0.25, 0.3) is 0 Å². The van der Waals surface area contributed by atoms with Gasteiger partial charge in [-0.25, -0.2) is 4.79 Å². The highest BCUT2D eigenvalue weighted by Crippen LogP contribution is 2.29. The van der Waals surface area contributed by atoms with Gasteiger partial charge in [0, 0.05) is 24.9 Å². The molecule has 2 amide bonds. The number of amides is 2. The number of benzene rings is 1. The van der Waals surface area contributed by atoms with Gasteiger partial charge in [-0.15, -0.1) is 0 Å². The second-order valence-corrected chi connectivity index (χ2v) is 4.59. The molecule has 1 aromatic carbocycles. The largest absolute Gasteiger partial charge is 0.493 e. The lowest BCUT2D eigenvalue weighted by Gasteiger charge is -2.11. The Bertz CT molecular complexity index is 438. The van der Waals surface area contributed by atoms with Crippen molar-refractivity contribution in [3.63, 3.8) is 0 Å². The van der Waals surface area contributed by atoms with Crippen molar-refractivity contribution in [3.05, 3.63) is 18.2 Å². The SMILES string of the molecule is COc1ccc(NC(=O)NCCCCCCO)cc1OC. The Hall–Kier alpha value is -1.95. The quantitative estimate of drug-likeness (QED) is 0.611. The first-order chi connectivity index (χ1) is 10.2. The van der Waals surface area contributed by atoms with E-state index in [4.69, 9.17) is 14.6 Å². The number of carbonyl (C=O) groups excluding carboxylic acids is 1. The van der Waals surface area contributed by atoms with Gasteiger partial charge in [0.1, 0.15) is 0 Å². The van der Waals surface area contributed by atoms with Gasteiger partial charge in [-0.3, -0.25) is 0 Å². The average molecular weight is 296 g/mol. The molecule has 3 N–H and O–H groups in total. The van der Waals surface area contributed by atoms with Crippen LogP contribution in [0.25, 0.3) is 0 Å². The Kier molecular flexibility index (Phi) is 8.04. The number of urea groups is 1. The molecule has 0 saturated heterocycles. The third kappa shape index (κ3) is 6.35. The van der Waals surface area contributed by atoms with Crippen LogP contribution in [-0.4, -0.2) is 38.5 Å². The van der Waals surface area contributed by atoms with Gasteiger partial charge in [-0.05, 0) is 25.0 Å². The van der Waals surface area contributed by atoms with E-state index in [9.17, 15) is 4.79 Å². The summed E-state index contributed by atoms with van der Waals surface area (Å²) in [5.41, 5.74) is 0.644. The molecule has 6 heteroatoms. The van der Waals surface area contributed by atoms with E-state index in [0.29, 0.717) is 23.7 Å². The van der Waals surface area contributed by atoms with E-state index in [2.05, 4.69) is 10.6 Å². The zero-order valence-corrected chi connectivity index (χ0v) is 12.6. The van der Waals surface area contributed by atoms with Crippen molar-refractivity contribution in [1.82, 2.24) is 5.32 Å². The Labute approximate surface area is 125 Å². The first-order valence-electron chi connectivity index (χ1n) is 7.09. The van der Waals surface area contributed by atoms with Crippen LogP contribution >= 0.6 is 0 Å². The number of carbonyl (C=O) groups is 1. The highest BCUT2D eigenvalue weighted by atomic mass is 16.5. The first-order valence-corrected chi connectivity index (χ1v) is 7.09. The summed E-state index contributed by atoms with van der Waals surface area (Å²) in [6.07, 6.45) is 3.70. The molecule has 0 bridgehead atoms. The molecule has 0 atom stereocenters. The van der Waals surface area contributed by atoms with E-state index in [0.717, 1.165) is 25.7 Å². The monoisotopic (exact) mass is 296 g/mol. The zero-order chi connectivity index (χ0) is 15.5. The molecule has 0 aliphatic carbocycles. The van der Waals surface area contributed by atoms with Gasteiger partial charge in [-0.1, -0.05) is 12.8 Å². The van der Waals surface area contributed by atoms with Gasteiger partial charge in [0.05, 0.1) is 14.2 Å². The lowest BCUT2D eigenvalue weighted by molar-refractivity contribution is 0.251. The summed E-state index contributed by atoms with van der Waals surface area (Å²) in [7, 11) is 3.11. The van der Waals surface area contributed by atoms with Crippen molar-refractivity contribution >= 4 is 11.7 Å². The normalized spacial score (nSPS) is 10.0. The van der Waals surface area contributed by atoms with Crippen molar-refractivity contribution in [2.24, 2.45) is 0 Å². The molecule has 0 radical (unpaired) electrons. The molecule has 1 aromatic rings. The van der Waals surface area contributed by atoms with E-state index in [1.807, 2.05) is 0 Å². The highest BCUT2D eigenvalue weighted by Gasteiger charge is 2.06. The van der Waals surface area contributed by atoms with E-state index in [1.54, 1.807) is 32.4 Å². The van der Waals surface area contributed by atoms with Crippen molar-refractivity contribution in [2.75, 3.05) is 32.7 Å². The van der Waals surface area contributed by atoms with Gasteiger partial charge in [0.2, 0.25) is 0 Å². The summed E-state index contributed by atoms with van der Waals surface area (Å²) in [6.45, 7) is 0.845. The summed E-state index contributed by atoms with van der Waals surface area (Å²) in [4.78, 5) is 11.7. The van der Waals surface area contributed by atoms with E-state index in [-0.39, 0.29) is 12.6 Å². The van der Waals surface area contributed by atoms with Crippen molar-refractivity contribution in [2.45, 2.75) is 25.7 Å². The molecule has 0 aliphatic heterocycles. The summed E-state index contributed by atoms with van der Waals surface area (Å²) < 4.78 is 10.3. The zero-order valence-electron chi connectivity index (χ0n) is 12.6. The van der Waals surface area contributed by atoms with Crippen LogP contribution < -0.4 is 20.1 Å². The predicted molar refractivity (Wildman–Crippen MR) is 82.1 cm³/mol. The molecule has 118 valence electrons. The van der Waals surface area contributed by atoms with E-state index >= 15 is 0 Å². The second kappa shape index (κ2) is 9.88. The maximum Gasteiger partial charge on any atom is 0.319 e. The number of rotatable bonds is 9. The summed E-state index contributed by atoms with van der Waals surface area (Å²) in [5, 5.41) is 14.2. The van der Waals surface area contributed by atoms with Crippen LogP contribution in [0, 0.1) is 0 Å². The Balaban J connectivity index is 2.34. The Morgan fingerprint density at radius 3 is 2.48 bits per heavy atom. The maximum absolute atomic E-state index is 11.7. The van der Waals surface area contributed by atoms with Gasteiger partial charge < -0.3 is 25.2 Å². The predicted octanol–water partition coefficient (Wildman–Crippen LogP) is 2.38. The lowest BCUT2D eigenvalue weighted by atomic mass is 10.2. The second-order valence-electron chi connectivity index (χ2n) is 4.59. The Morgan fingerprint density at radius 1 is 1.10 bits per heavy atom. The topological polar surface area (TPSA) is 79.8 Å². The van der Waals surface area contributed by atoms with Crippen LogP contribution in [-0.2, 0) is 0 Å². The minimum absolute atomic E-state index is 0.229. The molecule has 0 aliphatic rings. The van der Waals surface area contributed by atoms with Gasteiger partial charge in [0.15, 0.2) is 11.5 Å². The number of aliphatic hydroxyl groups is 1. The first kappa shape index (κ1) is 17.1. The third-order valence-corrected chi connectivity index (χ3v) is 3.01. The summed E-state index contributed by atoms with van der Waals surface area (Å²) in [5.74, 6) is 1.19. The van der Waals surface area contributed by atoms with Crippen molar-refractivity contribution in [3.8, 4) is 11.5 Å². The van der Waals surface area contributed by atoms with Crippen LogP contribution in [0.5, 0.6) is 11.5 Å². The molecule has 0 heterocycles. The lowest BCUT2D eigenvalue weighted by Crippen LogP contribution is -2.29. The minimum atomic E-state index is -0.246. The number of ether oxygens (including phenoxy) is 2. The number of hydrogen-bond donors (Lipinski definition) is 3. The molecule has 0 unspecified atom stereocenters. The highest BCUT2D eigenvalue weighted by molar-refractivity contribution is 5.89. The number of hydrogen-bond acceptors (Lipinski definition) is 4.